The molecule has 0 saturated carbocycles. The number of hydrogen-bond donors (Lipinski definition) is 0. The lowest BCUT2D eigenvalue weighted by molar-refractivity contribution is 0.00578. The third-order valence-corrected chi connectivity index (χ3v) is 7.14. The summed E-state index contributed by atoms with van der Waals surface area (Å²) in [6.07, 6.45) is 1.59. The van der Waals surface area contributed by atoms with Crippen LogP contribution in [0.15, 0.2) is 53.1 Å². The molecule has 4 aromatic rings. The molecule has 0 unspecified atom stereocenters. The summed E-state index contributed by atoms with van der Waals surface area (Å²) < 4.78 is 18.6. The summed E-state index contributed by atoms with van der Waals surface area (Å²) in [7, 11) is -0.526. The summed E-state index contributed by atoms with van der Waals surface area (Å²) in [5.74, 6) is 0.157. The smallest absolute Gasteiger partial charge is 0.435 e. The predicted molar refractivity (Wildman–Crippen MR) is 137 cm³/mol. The van der Waals surface area contributed by atoms with E-state index in [0.717, 1.165) is 22.3 Å². The molecule has 3 heterocycles. The molecule has 0 amide bonds. The largest absolute Gasteiger partial charge is 0.495 e. The van der Waals surface area contributed by atoms with E-state index in [4.69, 9.17) is 13.7 Å². The first kappa shape index (κ1) is 23.9. The van der Waals surface area contributed by atoms with Crippen molar-refractivity contribution < 1.29 is 18.5 Å². The minimum absolute atomic E-state index is 0.206. The van der Waals surface area contributed by atoms with E-state index in [-0.39, 0.29) is 11.3 Å². The molecule has 2 aromatic heterocycles. The van der Waals surface area contributed by atoms with Gasteiger partial charge in [0, 0.05) is 28.6 Å². The molecule has 8 heteroatoms. The number of carbonyl (C=O) groups excluding carboxylic acids is 1. The molecule has 1 saturated heterocycles. The van der Waals surface area contributed by atoms with Crippen molar-refractivity contribution in [3.8, 4) is 17.5 Å². The van der Waals surface area contributed by atoms with Gasteiger partial charge in [-0.2, -0.15) is 5.26 Å². The second-order valence-corrected chi connectivity index (χ2v) is 10.1. The number of ketones is 1. The number of oxazole rings is 1. The lowest BCUT2D eigenvalue weighted by atomic mass is 9.75. The van der Waals surface area contributed by atoms with Crippen LogP contribution < -0.4 is 5.46 Å². The van der Waals surface area contributed by atoms with Crippen molar-refractivity contribution in [2.75, 3.05) is 0 Å². The molecule has 1 fully saturated rings. The average Bonchev–Trinajstić information content (AvgIpc) is 3.35. The number of nitrogens with zero attached hydrogens (tertiary/aromatic N) is 3. The normalized spacial score (nSPS) is 16.3. The summed E-state index contributed by atoms with van der Waals surface area (Å²) >= 11 is 0. The Balaban J connectivity index is 1.57. The third-order valence-electron chi connectivity index (χ3n) is 7.14. The number of nitriles is 1. The first-order valence-electron chi connectivity index (χ1n) is 11.8. The van der Waals surface area contributed by atoms with Gasteiger partial charge in [0.25, 0.3) is 0 Å². The topological polar surface area (TPSA) is 98.2 Å². The Morgan fingerprint density at radius 2 is 1.72 bits per heavy atom. The number of benzene rings is 2. The number of aromatic nitrogens is 2. The van der Waals surface area contributed by atoms with E-state index < -0.39 is 18.3 Å². The zero-order valence-corrected chi connectivity index (χ0v) is 21.2. The maximum atomic E-state index is 13.1. The van der Waals surface area contributed by atoms with E-state index >= 15 is 0 Å². The SMILES string of the molecule is Cc1cc(C(=O)c2cc(C#N)c3oc(-c4cccc(B5OC(C)(C)C(C)(C)O5)c4C)nc3c2)ccn1. The van der Waals surface area contributed by atoms with Gasteiger partial charge < -0.3 is 13.7 Å². The summed E-state index contributed by atoms with van der Waals surface area (Å²) in [6, 6.07) is 14.5. The summed E-state index contributed by atoms with van der Waals surface area (Å²) in [6.45, 7) is 11.9. The van der Waals surface area contributed by atoms with Gasteiger partial charge in [-0.05, 0) is 82.9 Å². The van der Waals surface area contributed by atoms with Gasteiger partial charge >= 0.3 is 7.12 Å². The maximum Gasteiger partial charge on any atom is 0.495 e. The Kier molecular flexibility index (Phi) is 5.58. The molecule has 0 spiro atoms. The minimum Gasteiger partial charge on any atom is -0.435 e. The second-order valence-electron chi connectivity index (χ2n) is 10.1. The van der Waals surface area contributed by atoms with E-state index in [1.807, 2.05) is 59.7 Å². The van der Waals surface area contributed by atoms with Gasteiger partial charge in [-0.25, -0.2) is 4.98 Å². The molecule has 0 N–H and O–H groups in total. The standard InChI is InChI=1S/C28H26BN3O4/c1-16-12-18(10-11-31-16)24(33)19-13-20(15-30)25-23(14-19)32-26(34-25)21-8-7-9-22(17(21)2)29-35-27(3,4)28(5,6)36-29/h7-14H,1-6H3. The predicted octanol–water partition coefficient (Wildman–Crippen LogP) is 4.91. The van der Waals surface area contributed by atoms with Gasteiger partial charge in [0.2, 0.25) is 5.89 Å². The first-order valence-corrected chi connectivity index (χ1v) is 11.8. The van der Waals surface area contributed by atoms with Gasteiger partial charge in [0.1, 0.15) is 11.6 Å². The number of carbonyl (C=O) groups is 1. The molecule has 0 bridgehead atoms. The van der Waals surface area contributed by atoms with Crippen LogP contribution in [0, 0.1) is 25.2 Å². The Morgan fingerprint density at radius 1 is 1.00 bits per heavy atom. The second kappa shape index (κ2) is 8.40. The van der Waals surface area contributed by atoms with Crippen molar-refractivity contribution >= 4 is 29.5 Å². The number of hydrogen-bond acceptors (Lipinski definition) is 7. The maximum absolute atomic E-state index is 13.1. The molecule has 0 aliphatic carbocycles. The molecule has 7 nitrogen and oxygen atoms in total. The summed E-state index contributed by atoms with van der Waals surface area (Å²) in [4.78, 5) is 21.9. The highest BCUT2D eigenvalue weighted by molar-refractivity contribution is 6.62. The Bertz CT molecular complexity index is 1550. The zero-order chi connectivity index (χ0) is 25.8. The molecule has 2 aromatic carbocycles. The van der Waals surface area contributed by atoms with Crippen molar-refractivity contribution in [3.05, 3.63) is 76.6 Å². The van der Waals surface area contributed by atoms with Crippen LogP contribution in [-0.2, 0) is 9.31 Å². The Labute approximate surface area is 210 Å². The lowest BCUT2D eigenvalue weighted by Crippen LogP contribution is -2.41. The first-order chi connectivity index (χ1) is 17.0. The fraction of sp³-hybridized carbons (Fsp3) is 0.286. The highest BCUT2D eigenvalue weighted by Gasteiger charge is 2.52. The van der Waals surface area contributed by atoms with E-state index in [1.54, 1.807) is 30.5 Å². The van der Waals surface area contributed by atoms with Crippen LogP contribution >= 0.6 is 0 Å². The molecular formula is C28H26BN3O4. The zero-order valence-electron chi connectivity index (χ0n) is 21.2. The van der Waals surface area contributed by atoms with Crippen LogP contribution in [0.4, 0.5) is 0 Å². The van der Waals surface area contributed by atoms with E-state index in [2.05, 4.69) is 16.0 Å². The van der Waals surface area contributed by atoms with Crippen LogP contribution in [0.5, 0.6) is 0 Å². The molecule has 36 heavy (non-hydrogen) atoms. The van der Waals surface area contributed by atoms with E-state index in [9.17, 15) is 10.1 Å². The number of fused-ring (bicyclic) bond motifs is 1. The highest BCUT2D eigenvalue weighted by atomic mass is 16.7. The van der Waals surface area contributed by atoms with Gasteiger partial charge in [-0.15, -0.1) is 0 Å². The van der Waals surface area contributed by atoms with Gasteiger partial charge in [-0.1, -0.05) is 12.1 Å². The van der Waals surface area contributed by atoms with Crippen LogP contribution in [0.2, 0.25) is 0 Å². The molecule has 5 rings (SSSR count). The molecule has 180 valence electrons. The molecule has 1 aliphatic rings. The van der Waals surface area contributed by atoms with Crippen molar-refractivity contribution in [2.45, 2.75) is 52.7 Å². The lowest BCUT2D eigenvalue weighted by Gasteiger charge is -2.32. The van der Waals surface area contributed by atoms with Crippen LogP contribution in [-0.4, -0.2) is 34.1 Å². The van der Waals surface area contributed by atoms with Crippen molar-refractivity contribution in [1.82, 2.24) is 9.97 Å². The Hall–Kier alpha value is -3.80. The van der Waals surface area contributed by atoms with Crippen molar-refractivity contribution in [2.24, 2.45) is 0 Å². The average molecular weight is 479 g/mol. The Morgan fingerprint density at radius 3 is 2.39 bits per heavy atom. The van der Waals surface area contributed by atoms with Gasteiger partial charge in [0.05, 0.1) is 16.8 Å². The number of aryl methyl sites for hydroxylation is 1. The highest BCUT2D eigenvalue weighted by Crippen LogP contribution is 2.37. The van der Waals surface area contributed by atoms with E-state index in [1.165, 1.54) is 0 Å². The summed E-state index contributed by atoms with van der Waals surface area (Å²) in [5, 5.41) is 9.78. The van der Waals surface area contributed by atoms with Crippen LogP contribution in [0.3, 0.4) is 0 Å². The minimum atomic E-state index is -0.526. The number of pyridine rings is 1. The van der Waals surface area contributed by atoms with E-state index in [0.29, 0.717) is 28.1 Å². The molecule has 0 radical (unpaired) electrons. The van der Waals surface area contributed by atoms with Crippen LogP contribution in [0.25, 0.3) is 22.6 Å². The van der Waals surface area contributed by atoms with Crippen molar-refractivity contribution in [1.29, 1.82) is 5.26 Å². The van der Waals surface area contributed by atoms with Gasteiger partial charge in [-0.3, -0.25) is 9.78 Å². The molecule has 0 atom stereocenters. The molecule has 1 aliphatic heterocycles. The van der Waals surface area contributed by atoms with Gasteiger partial charge in [0.15, 0.2) is 11.4 Å². The number of rotatable bonds is 4. The third kappa shape index (κ3) is 3.91. The summed E-state index contributed by atoms with van der Waals surface area (Å²) in [5.41, 5.74) is 4.28. The fourth-order valence-corrected chi connectivity index (χ4v) is 4.33. The fourth-order valence-electron chi connectivity index (χ4n) is 4.33. The molecular weight excluding hydrogens is 453 g/mol. The quantitative estimate of drug-likeness (QED) is 0.303. The van der Waals surface area contributed by atoms with Crippen molar-refractivity contribution in [3.63, 3.8) is 0 Å². The van der Waals surface area contributed by atoms with Crippen LogP contribution in [0.1, 0.15) is 60.4 Å². The monoisotopic (exact) mass is 479 g/mol.